The van der Waals surface area contributed by atoms with Crippen LogP contribution in [0.4, 0.5) is 5.82 Å². The molecule has 0 fully saturated rings. The first-order valence-electron chi connectivity index (χ1n) is 3.92. The summed E-state index contributed by atoms with van der Waals surface area (Å²) < 4.78 is 1.20. The summed E-state index contributed by atoms with van der Waals surface area (Å²) in [6, 6.07) is 5.58. The summed E-state index contributed by atoms with van der Waals surface area (Å²) in [5.41, 5.74) is 11.7. The van der Waals surface area contributed by atoms with Crippen LogP contribution in [0, 0.1) is 5.41 Å². The summed E-state index contributed by atoms with van der Waals surface area (Å²) in [6.07, 6.45) is 0. The van der Waals surface area contributed by atoms with Crippen molar-refractivity contribution in [1.82, 2.24) is 9.78 Å². The Morgan fingerprint density at radius 3 is 2.86 bits per heavy atom. The topological polar surface area (TPSA) is 93.7 Å². The zero-order chi connectivity index (χ0) is 10.1. The highest BCUT2D eigenvalue weighted by Crippen LogP contribution is 2.24. The van der Waals surface area contributed by atoms with Crippen LogP contribution >= 0.6 is 11.3 Å². The van der Waals surface area contributed by atoms with Crippen molar-refractivity contribution in [2.75, 3.05) is 5.73 Å². The molecule has 0 aliphatic rings. The summed E-state index contributed by atoms with van der Waals surface area (Å²) in [7, 11) is 0. The van der Waals surface area contributed by atoms with E-state index < -0.39 is 0 Å². The van der Waals surface area contributed by atoms with E-state index in [9.17, 15) is 0 Å². The van der Waals surface area contributed by atoms with Crippen molar-refractivity contribution in [1.29, 1.82) is 5.41 Å². The molecule has 0 atom stereocenters. The molecule has 0 aromatic carbocycles. The molecule has 2 aromatic rings. The van der Waals surface area contributed by atoms with Gasteiger partial charge in [-0.05, 0) is 11.4 Å². The molecule has 0 bridgehead atoms. The molecule has 0 unspecified atom stereocenters. The summed E-state index contributed by atoms with van der Waals surface area (Å²) in [5.74, 6) is 0.200. The molecule has 2 aromatic heterocycles. The lowest BCUT2D eigenvalue weighted by Gasteiger charge is -1.97. The second kappa shape index (κ2) is 3.15. The Bertz CT molecular complexity index is 456. The lowest BCUT2D eigenvalue weighted by atomic mass is 10.3. The predicted molar refractivity (Wildman–Crippen MR) is 57.3 cm³/mol. The fourth-order valence-electron chi connectivity index (χ4n) is 1.13. The molecule has 0 aliphatic carbocycles. The summed E-state index contributed by atoms with van der Waals surface area (Å²) in [6.45, 7) is 0. The third-order valence-corrected chi connectivity index (χ3v) is 2.63. The molecule has 0 aliphatic heterocycles. The maximum absolute atomic E-state index is 7.22. The van der Waals surface area contributed by atoms with Crippen LogP contribution in [0.2, 0.25) is 0 Å². The van der Waals surface area contributed by atoms with Crippen LogP contribution in [0.5, 0.6) is 0 Å². The average molecular weight is 207 g/mol. The van der Waals surface area contributed by atoms with Gasteiger partial charge in [0, 0.05) is 6.07 Å². The van der Waals surface area contributed by atoms with Gasteiger partial charge in [-0.15, -0.1) is 11.3 Å². The van der Waals surface area contributed by atoms with Crippen LogP contribution in [-0.4, -0.2) is 15.7 Å². The second-order valence-corrected chi connectivity index (χ2v) is 3.68. The predicted octanol–water partition coefficient (Wildman–Crippen LogP) is 0.935. The number of thiophene rings is 1. The van der Waals surface area contributed by atoms with E-state index >= 15 is 0 Å². The molecule has 0 saturated carbocycles. The lowest BCUT2D eigenvalue weighted by molar-refractivity contribution is 0.926. The number of rotatable bonds is 1. The van der Waals surface area contributed by atoms with Crippen molar-refractivity contribution >= 4 is 23.1 Å². The van der Waals surface area contributed by atoms with Crippen molar-refractivity contribution in [3.8, 4) is 10.6 Å². The molecule has 6 heteroatoms. The van der Waals surface area contributed by atoms with Gasteiger partial charge >= 0.3 is 0 Å². The lowest BCUT2D eigenvalue weighted by Crippen LogP contribution is -2.23. The second-order valence-electron chi connectivity index (χ2n) is 2.73. The highest BCUT2D eigenvalue weighted by Gasteiger charge is 2.08. The zero-order valence-corrected chi connectivity index (χ0v) is 8.08. The van der Waals surface area contributed by atoms with E-state index in [1.807, 2.05) is 17.5 Å². The van der Waals surface area contributed by atoms with Gasteiger partial charge in [-0.3, -0.25) is 5.41 Å². The minimum atomic E-state index is -0.176. The first-order chi connectivity index (χ1) is 6.68. The van der Waals surface area contributed by atoms with E-state index in [0.717, 1.165) is 10.6 Å². The number of nitrogens with zero attached hydrogens (tertiary/aromatic N) is 2. The third-order valence-electron chi connectivity index (χ3n) is 1.74. The van der Waals surface area contributed by atoms with Crippen molar-refractivity contribution < 1.29 is 0 Å². The van der Waals surface area contributed by atoms with Gasteiger partial charge < -0.3 is 11.5 Å². The Morgan fingerprint density at radius 1 is 1.57 bits per heavy atom. The molecule has 14 heavy (non-hydrogen) atoms. The van der Waals surface area contributed by atoms with Crippen molar-refractivity contribution in [3.63, 3.8) is 0 Å². The van der Waals surface area contributed by atoms with Crippen LogP contribution in [0.15, 0.2) is 23.6 Å². The van der Waals surface area contributed by atoms with Gasteiger partial charge in [0.25, 0.3) is 0 Å². The minimum Gasteiger partial charge on any atom is -0.383 e. The van der Waals surface area contributed by atoms with E-state index in [-0.39, 0.29) is 5.96 Å². The highest BCUT2D eigenvalue weighted by molar-refractivity contribution is 7.13. The summed E-state index contributed by atoms with van der Waals surface area (Å²) >= 11 is 1.57. The smallest absolute Gasteiger partial charge is 0.215 e. The Labute approximate surface area is 84.5 Å². The molecular weight excluding hydrogens is 198 g/mol. The molecule has 0 radical (unpaired) electrons. The largest absolute Gasteiger partial charge is 0.383 e. The van der Waals surface area contributed by atoms with Gasteiger partial charge in [-0.2, -0.15) is 9.78 Å². The fraction of sp³-hybridized carbons (Fsp3) is 0. The standard InChI is InChI=1S/C8H9N5S/c9-7-4-5(6-2-1-3-14-6)12-13(7)8(10)11/h1-4H,9H2,(H3,10,11). The monoisotopic (exact) mass is 207 g/mol. The van der Waals surface area contributed by atoms with Crippen LogP contribution in [0.3, 0.4) is 0 Å². The van der Waals surface area contributed by atoms with Gasteiger partial charge in [-0.1, -0.05) is 6.07 Å². The van der Waals surface area contributed by atoms with Gasteiger partial charge in [0.2, 0.25) is 5.96 Å². The number of nitrogens with one attached hydrogen (secondary N) is 1. The van der Waals surface area contributed by atoms with Crippen LogP contribution in [0.1, 0.15) is 0 Å². The molecule has 5 N–H and O–H groups in total. The number of hydrogen-bond acceptors (Lipinski definition) is 4. The first-order valence-corrected chi connectivity index (χ1v) is 4.80. The molecule has 2 heterocycles. The van der Waals surface area contributed by atoms with Crippen LogP contribution in [-0.2, 0) is 0 Å². The SMILES string of the molecule is N=C(N)n1nc(-c2cccs2)cc1N. The van der Waals surface area contributed by atoms with Crippen molar-refractivity contribution in [2.45, 2.75) is 0 Å². The maximum Gasteiger partial charge on any atom is 0.215 e. The normalized spacial score (nSPS) is 10.3. The van der Waals surface area contributed by atoms with Crippen molar-refractivity contribution in [3.05, 3.63) is 23.6 Å². The third kappa shape index (κ3) is 1.35. The molecule has 5 nitrogen and oxygen atoms in total. The maximum atomic E-state index is 7.22. The van der Waals surface area contributed by atoms with Gasteiger partial charge in [0.05, 0.1) is 4.88 Å². The molecule has 0 amide bonds. The Morgan fingerprint density at radius 2 is 2.36 bits per heavy atom. The van der Waals surface area contributed by atoms with Gasteiger partial charge in [0.15, 0.2) is 0 Å². The Balaban J connectivity index is 2.48. The van der Waals surface area contributed by atoms with E-state index in [0.29, 0.717) is 5.82 Å². The molecular formula is C8H9N5S. The van der Waals surface area contributed by atoms with Gasteiger partial charge in [-0.25, -0.2) is 0 Å². The molecule has 2 rings (SSSR count). The Hall–Kier alpha value is -1.82. The van der Waals surface area contributed by atoms with E-state index in [4.69, 9.17) is 16.9 Å². The van der Waals surface area contributed by atoms with Crippen molar-refractivity contribution in [2.24, 2.45) is 5.73 Å². The van der Waals surface area contributed by atoms with Crippen LogP contribution < -0.4 is 11.5 Å². The van der Waals surface area contributed by atoms with E-state index in [1.165, 1.54) is 4.68 Å². The summed E-state index contributed by atoms with van der Waals surface area (Å²) in [4.78, 5) is 1.01. The van der Waals surface area contributed by atoms with Gasteiger partial charge in [0.1, 0.15) is 11.5 Å². The highest BCUT2D eigenvalue weighted by atomic mass is 32.1. The number of hydrogen-bond donors (Lipinski definition) is 3. The number of nitrogen functional groups attached to an aromatic ring is 2. The fourth-order valence-corrected chi connectivity index (χ4v) is 1.81. The minimum absolute atomic E-state index is 0.176. The van der Waals surface area contributed by atoms with E-state index in [2.05, 4.69) is 5.10 Å². The Kier molecular flexibility index (Phi) is 1.97. The number of aromatic nitrogens is 2. The first kappa shape index (κ1) is 8.76. The number of nitrogens with two attached hydrogens (primary N) is 2. The van der Waals surface area contributed by atoms with E-state index in [1.54, 1.807) is 17.4 Å². The summed E-state index contributed by atoms with van der Waals surface area (Å²) in [5, 5.41) is 13.3. The zero-order valence-electron chi connectivity index (χ0n) is 7.27. The molecule has 0 spiro atoms. The molecule has 72 valence electrons. The quantitative estimate of drug-likeness (QED) is 0.479. The van der Waals surface area contributed by atoms with Crippen LogP contribution in [0.25, 0.3) is 10.6 Å². The number of anilines is 1. The average Bonchev–Trinajstić information content (AvgIpc) is 2.70. The molecule has 0 saturated heterocycles.